The Kier molecular flexibility index (Phi) is 5.22. The highest BCUT2D eigenvalue weighted by Gasteiger charge is 2.17. The number of aromatic nitrogens is 1. The molecule has 0 aliphatic carbocycles. The summed E-state index contributed by atoms with van der Waals surface area (Å²) in [5.41, 5.74) is 0.146. The van der Waals surface area contributed by atoms with Crippen LogP contribution in [0.3, 0.4) is 0 Å². The summed E-state index contributed by atoms with van der Waals surface area (Å²) >= 11 is 0. The molecule has 17 heavy (non-hydrogen) atoms. The minimum atomic E-state index is 0.146. The fourth-order valence-electron chi connectivity index (χ4n) is 1.60. The predicted molar refractivity (Wildman–Crippen MR) is 69.4 cm³/mol. The number of aliphatic hydroxyl groups is 1. The fourth-order valence-corrected chi connectivity index (χ4v) is 1.60. The van der Waals surface area contributed by atoms with Crippen molar-refractivity contribution in [2.24, 2.45) is 5.41 Å². The third-order valence-electron chi connectivity index (χ3n) is 2.69. The van der Waals surface area contributed by atoms with E-state index in [1.807, 2.05) is 18.2 Å². The molecule has 0 fully saturated rings. The van der Waals surface area contributed by atoms with Gasteiger partial charge in [-0.2, -0.15) is 4.98 Å². The van der Waals surface area contributed by atoms with Crippen LogP contribution in [-0.2, 0) is 0 Å². The van der Waals surface area contributed by atoms with E-state index >= 15 is 0 Å². The molecule has 1 aromatic heterocycles. The molecular formula is C13H22N2O2. The number of methoxy groups -OCH3 is 1. The molecule has 0 amide bonds. The van der Waals surface area contributed by atoms with Crippen LogP contribution in [0.4, 0.5) is 5.82 Å². The standard InChI is InChI=1S/C13H22N2O2/c1-13(2,8-5-9-16)10-14-11-6-4-7-12(15-11)17-3/h4,6-7,16H,5,8-10H2,1-3H3,(H,14,15). The molecule has 1 rings (SSSR count). The summed E-state index contributed by atoms with van der Waals surface area (Å²) in [6.07, 6.45) is 1.82. The van der Waals surface area contributed by atoms with E-state index in [0.717, 1.165) is 25.2 Å². The molecule has 2 N–H and O–H groups in total. The van der Waals surface area contributed by atoms with E-state index in [2.05, 4.69) is 24.1 Å². The maximum atomic E-state index is 8.83. The molecule has 0 bridgehead atoms. The lowest BCUT2D eigenvalue weighted by Crippen LogP contribution is -2.23. The maximum Gasteiger partial charge on any atom is 0.214 e. The molecule has 0 saturated carbocycles. The molecule has 0 aliphatic rings. The topological polar surface area (TPSA) is 54.4 Å². The van der Waals surface area contributed by atoms with Gasteiger partial charge in [0.1, 0.15) is 5.82 Å². The number of hydrogen-bond donors (Lipinski definition) is 2. The summed E-state index contributed by atoms with van der Waals surface area (Å²) in [5, 5.41) is 12.1. The minimum absolute atomic E-state index is 0.146. The fraction of sp³-hybridized carbons (Fsp3) is 0.615. The van der Waals surface area contributed by atoms with Crippen LogP contribution in [0.15, 0.2) is 18.2 Å². The molecule has 96 valence electrons. The number of anilines is 1. The van der Waals surface area contributed by atoms with Gasteiger partial charge in [-0.1, -0.05) is 19.9 Å². The third-order valence-corrected chi connectivity index (χ3v) is 2.69. The van der Waals surface area contributed by atoms with E-state index in [1.165, 1.54) is 0 Å². The van der Waals surface area contributed by atoms with Gasteiger partial charge in [-0.05, 0) is 24.3 Å². The van der Waals surface area contributed by atoms with Crippen molar-refractivity contribution in [1.82, 2.24) is 4.98 Å². The Morgan fingerprint density at radius 2 is 2.18 bits per heavy atom. The first-order valence-electron chi connectivity index (χ1n) is 5.93. The third kappa shape index (κ3) is 5.04. The van der Waals surface area contributed by atoms with E-state index in [1.54, 1.807) is 7.11 Å². The molecule has 1 heterocycles. The van der Waals surface area contributed by atoms with Crippen molar-refractivity contribution in [2.45, 2.75) is 26.7 Å². The number of ether oxygens (including phenoxy) is 1. The number of rotatable bonds is 7. The highest BCUT2D eigenvalue weighted by atomic mass is 16.5. The van der Waals surface area contributed by atoms with Gasteiger partial charge in [0.25, 0.3) is 0 Å². The van der Waals surface area contributed by atoms with Crippen molar-refractivity contribution >= 4 is 5.82 Å². The van der Waals surface area contributed by atoms with Crippen LogP contribution in [0.2, 0.25) is 0 Å². The van der Waals surface area contributed by atoms with Crippen LogP contribution in [0.25, 0.3) is 0 Å². The quantitative estimate of drug-likeness (QED) is 0.765. The number of aliphatic hydroxyl groups excluding tert-OH is 1. The monoisotopic (exact) mass is 238 g/mol. The maximum absolute atomic E-state index is 8.83. The number of nitrogens with zero attached hydrogens (tertiary/aromatic N) is 1. The van der Waals surface area contributed by atoms with Crippen molar-refractivity contribution in [3.8, 4) is 5.88 Å². The van der Waals surface area contributed by atoms with Gasteiger partial charge >= 0.3 is 0 Å². The smallest absolute Gasteiger partial charge is 0.214 e. The number of pyridine rings is 1. The van der Waals surface area contributed by atoms with Crippen molar-refractivity contribution < 1.29 is 9.84 Å². The zero-order valence-corrected chi connectivity index (χ0v) is 10.9. The van der Waals surface area contributed by atoms with Crippen LogP contribution in [0.5, 0.6) is 5.88 Å². The zero-order chi connectivity index (χ0) is 12.7. The van der Waals surface area contributed by atoms with E-state index in [9.17, 15) is 0 Å². The molecular weight excluding hydrogens is 216 g/mol. The van der Waals surface area contributed by atoms with E-state index in [4.69, 9.17) is 9.84 Å². The Labute approximate surface area is 103 Å². The van der Waals surface area contributed by atoms with E-state index in [-0.39, 0.29) is 12.0 Å². The minimum Gasteiger partial charge on any atom is -0.481 e. The largest absolute Gasteiger partial charge is 0.481 e. The van der Waals surface area contributed by atoms with E-state index < -0.39 is 0 Å². The molecule has 0 spiro atoms. The summed E-state index contributed by atoms with van der Waals surface area (Å²) in [5.74, 6) is 1.43. The zero-order valence-electron chi connectivity index (χ0n) is 10.9. The second kappa shape index (κ2) is 6.45. The first-order chi connectivity index (χ1) is 8.07. The molecule has 0 aliphatic heterocycles. The summed E-state index contributed by atoms with van der Waals surface area (Å²) in [7, 11) is 1.61. The first kappa shape index (κ1) is 13.8. The van der Waals surface area contributed by atoms with Crippen molar-refractivity contribution in [2.75, 3.05) is 25.6 Å². The van der Waals surface area contributed by atoms with Gasteiger partial charge in [-0.25, -0.2) is 0 Å². The lowest BCUT2D eigenvalue weighted by molar-refractivity contribution is 0.248. The van der Waals surface area contributed by atoms with E-state index in [0.29, 0.717) is 5.88 Å². The molecule has 0 saturated heterocycles. The SMILES string of the molecule is COc1cccc(NCC(C)(C)CCCO)n1. The molecule has 1 aromatic rings. The molecule has 4 nitrogen and oxygen atoms in total. The Balaban J connectivity index is 2.48. The highest BCUT2D eigenvalue weighted by molar-refractivity contribution is 5.37. The normalized spacial score (nSPS) is 11.3. The van der Waals surface area contributed by atoms with Crippen LogP contribution >= 0.6 is 0 Å². The van der Waals surface area contributed by atoms with Gasteiger partial charge in [0.05, 0.1) is 7.11 Å². The molecule has 0 aromatic carbocycles. The van der Waals surface area contributed by atoms with Crippen molar-refractivity contribution in [3.63, 3.8) is 0 Å². The van der Waals surface area contributed by atoms with Gasteiger partial charge in [-0.15, -0.1) is 0 Å². The second-order valence-corrected chi connectivity index (χ2v) is 4.91. The Hall–Kier alpha value is -1.29. The number of hydrogen-bond acceptors (Lipinski definition) is 4. The summed E-state index contributed by atoms with van der Waals surface area (Å²) in [6, 6.07) is 5.65. The Morgan fingerprint density at radius 3 is 2.82 bits per heavy atom. The van der Waals surface area contributed by atoms with Crippen molar-refractivity contribution in [3.05, 3.63) is 18.2 Å². The van der Waals surface area contributed by atoms with Gasteiger partial charge in [0.15, 0.2) is 0 Å². The van der Waals surface area contributed by atoms with Crippen LogP contribution in [-0.4, -0.2) is 30.4 Å². The molecule has 0 atom stereocenters. The summed E-state index contributed by atoms with van der Waals surface area (Å²) < 4.78 is 5.07. The number of nitrogens with one attached hydrogen (secondary N) is 1. The molecule has 4 heteroatoms. The molecule has 0 radical (unpaired) electrons. The second-order valence-electron chi connectivity index (χ2n) is 4.91. The summed E-state index contributed by atoms with van der Waals surface area (Å²) in [4.78, 5) is 4.29. The van der Waals surface area contributed by atoms with Crippen LogP contribution in [0.1, 0.15) is 26.7 Å². The Bertz CT molecular complexity index is 340. The highest BCUT2D eigenvalue weighted by Crippen LogP contribution is 2.22. The average Bonchev–Trinajstić information content (AvgIpc) is 2.34. The van der Waals surface area contributed by atoms with Crippen LogP contribution in [0, 0.1) is 5.41 Å². The summed E-state index contributed by atoms with van der Waals surface area (Å²) in [6.45, 7) is 5.43. The lowest BCUT2D eigenvalue weighted by Gasteiger charge is -2.24. The molecule has 0 unspecified atom stereocenters. The first-order valence-corrected chi connectivity index (χ1v) is 5.93. The van der Waals surface area contributed by atoms with Crippen LogP contribution < -0.4 is 10.1 Å². The van der Waals surface area contributed by atoms with Gasteiger partial charge in [-0.3, -0.25) is 0 Å². The van der Waals surface area contributed by atoms with Gasteiger partial charge in [0.2, 0.25) is 5.88 Å². The van der Waals surface area contributed by atoms with Crippen molar-refractivity contribution in [1.29, 1.82) is 0 Å². The van der Waals surface area contributed by atoms with Gasteiger partial charge in [0, 0.05) is 19.2 Å². The Morgan fingerprint density at radius 1 is 1.41 bits per heavy atom. The van der Waals surface area contributed by atoms with Gasteiger partial charge < -0.3 is 15.2 Å². The average molecular weight is 238 g/mol. The lowest BCUT2D eigenvalue weighted by atomic mass is 9.88. The predicted octanol–water partition coefficient (Wildman–Crippen LogP) is 2.30.